The molecule has 1 aliphatic rings. The Morgan fingerprint density at radius 2 is 2.09 bits per heavy atom. The summed E-state index contributed by atoms with van der Waals surface area (Å²) in [4.78, 5) is 35.2. The first-order chi connectivity index (χ1) is 15.3. The second kappa shape index (κ2) is 8.42. The molecule has 4 heterocycles. The summed E-state index contributed by atoms with van der Waals surface area (Å²) in [6.45, 7) is -1.57. The van der Waals surface area contributed by atoms with Gasteiger partial charge in [-0.25, -0.2) is 24.3 Å². The van der Waals surface area contributed by atoms with Gasteiger partial charge in [-0.05, 0) is 5.73 Å². The molecular weight excluding hydrogens is 432 g/mol. The number of alkyl halides is 3. The molecule has 13 heteroatoms. The first-order valence-corrected chi connectivity index (χ1v) is 8.96. The van der Waals surface area contributed by atoms with Crippen LogP contribution in [0.4, 0.5) is 23.4 Å². The number of amides is 1. The second-order valence-electron chi connectivity index (χ2n) is 6.42. The van der Waals surface area contributed by atoms with Crippen molar-refractivity contribution in [3.63, 3.8) is 0 Å². The Bertz CT molecular complexity index is 1320. The van der Waals surface area contributed by atoms with Crippen molar-refractivity contribution in [3.8, 4) is 11.4 Å². The van der Waals surface area contributed by atoms with Crippen molar-refractivity contribution in [2.45, 2.75) is 12.2 Å². The predicted octanol–water partition coefficient (Wildman–Crippen LogP) is 2.29. The molecule has 0 saturated carbocycles. The third-order valence-electron chi connectivity index (χ3n) is 4.23. The third-order valence-corrected chi connectivity index (χ3v) is 4.23. The summed E-state index contributed by atoms with van der Waals surface area (Å²) >= 11 is 0. The summed E-state index contributed by atoms with van der Waals surface area (Å²) < 4.78 is 52.1. The Labute approximate surface area is 176 Å². The molecule has 0 saturated heterocycles. The molecule has 1 amide bonds. The number of aromatic nitrogens is 5. The molecule has 4 rings (SSSR count). The number of halogens is 4. The number of anilines is 1. The summed E-state index contributed by atoms with van der Waals surface area (Å²) in [5.41, 5.74) is 6.07. The van der Waals surface area contributed by atoms with Gasteiger partial charge in [0.1, 0.15) is 24.6 Å². The summed E-state index contributed by atoms with van der Waals surface area (Å²) in [6, 6.07) is -1.48. The van der Waals surface area contributed by atoms with Crippen molar-refractivity contribution >= 4 is 29.0 Å². The lowest BCUT2D eigenvalue weighted by Gasteiger charge is -2.20. The van der Waals surface area contributed by atoms with E-state index in [1.165, 1.54) is 24.9 Å². The Kier molecular flexibility index (Phi) is 5.50. The fourth-order valence-corrected chi connectivity index (χ4v) is 2.80. The molecule has 0 aliphatic carbocycles. The quantitative estimate of drug-likeness (QED) is 0.396. The zero-order chi connectivity index (χ0) is 22.7. The average molecular weight is 444 g/mol. The smallest absolute Gasteiger partial charge is 0.352 e. The van der Waals surface area contributed by atoms with Gasteiger partial charge in [0.05, 0.1) is 18.0 Å². The van der Waals surface area contributed by atoms with Crippen LogP contribution < -0.4 is 10.6 Å². The number of aliphatic imine (C=N–C) groups is 1. The van der Waals surface area contributed by atoms with E-state index >= 15 is 0 Å². The maximum Gasteiger partial charge on any atom is 0.405 e. The molecule has 0 radical (unpaired) electrons. The summed E-state index contributed by atoms with van der Waals surface area (Å²) in [5.74, 6) is -2.34. The van der Waals surface area contributed by atoms with Gasteiger partial charge in [-0.3, -0.25) is 9.79 Å². The molecule has 9 nitrogen and oxygen atoms in total. The second-order valence-corrected chi connectivity index (χ2v) is 6.42. The number of H-pyrrole nitrogens is 1. The van der Waals surface area contributed by atoms with Crippen molar-refractivity contribution in [2.24, 2.45) is 4.99 Å². The Balaban J connectivity index is 1.68. The van der Waals surface area contributed by atoms with Gasteiger partial charge in [-0.2, -0.15) is 13.2 Å². The first kappa shape index (κ1) is 20.9. The molecule has 0 aromatic carbocycles. The maximum absolute atomic E-state index is 14.5. The molecule has 3 aromatic rings. The van der Waals surface area contributed by atoms with Crippen LogP contribution in [0.3, 0.4) is 0 Å². The molecule has 0 bridgehead atoms. The lowest BCUT2D eigenvalue weighted by Crippen LogP contribution is -2.45. The standard InChI is InChI=1S/C19H12F4N8O/c20-13-7-27-16(12-6-26-15-11(12)5-25-9-29-15)31-17(13)30-14(10-2-1-3-24-4-10)18(32)28-8-19(21,22)23/h3-7,9,14H,8H2,(H,28,32)(H,25,26,29)(H,27,30,31). The van der Waals surface area contributed by atoms with E-state index in [1.807, 2.05) is 0 Å². The van der Waals surface area contributed by atoms with Crippen LogP contribution in [-0.4, -0.2) is 55.8 Å². The summed E-state index contributed by atoms with van der Waals surface area (Å²) in [7, 11) is 0. The molecule has 1 aliphatic heterocycles. The summed E-state index contributed by atoms with van der Waals surface area (Å²) in [5, 5.41) is 4.83. The highest BCUT2D eigenvalue weighted by Gasteiger charge is 2.31. The molecule has 0 spiro atoms. The molecule has 3 aromatic heterocycles. The fraction of sp³-hybridized carbons (Fsp3) is 0.158. The fourth-order valence-electron chi connectivity index (χ4n) is 2.80. The van der Waals surface area contributed by atoms with E-state index in [0.29, 0.717) is 16.6 Å². The SMILES string of the molecule is O=C(NCC(F)(F)F)C(Nc1nc(-c2c[nH]c3ncncc23)ncc1F)C1=C=C=CN=C1. The molecule has 1 unspecified atom stereocenters. The molecule has 162 valence electrons. The minimum atomic E-state index is -4.63. The van der Waals surface area contributed by atoms with Crippen molar-refractivity contribution < 1.29 is 22.4 Å². The number of nitrogens with one attached hydrogen (secondary N) is 3. The van der Waals surface area contributed by atoms with E-state index in [9.17, 15) is 22.4 Å². The van der Waals surface area contributed by atoms with Crippen LogP contribution in [0, 0.1) is 5.82 Å². The van der Waals surface area contributed by atoms with Crippen molar-refractivity contribution in [2.75, 3.05) is 11.9 Å². The highest BCUT2D eigenvalue weighted by molar-refractivity contribution is 5.97. The molecule has 3 N–H and O–H groups in total. The van der Waals surface area contributed by atoms with Gasteiger partial charge < -0.3 is 15.6 Å². The van der Waals surface area contributed by atoms with Crippen molar-refractivity contribution in [1.29, 1.82) is 0 Å². The number of carbonyl (C=O) groups is 1. The predicted molar refractivity (Wildman–Crippen MR) is 105 cm³/mol. The van der Waals surface area contributed by atoms with E-state index in [4.69, 9.17) is 0 Å². The Hall–Kier alpha value is -4.34. The van der Waals surface area contributed by atoms with Gasteiger partial charge in [-0.1, -0.05) is 5.73 Å². The van der Waals surface area contributed by atoms with Crippen LogP contribution in [-0.2, 0) is 4.79 Å². The van der Waals surface area contributed by atoms with E-state index in [0.717, 1.165) is 6.20 Å². The number of rotatable bonds is 6. The Morgan fingerprint density at radius 1 is 1.25 bits per heavy atom. The third kappa shape index (κ3) is 4.53. The van der Waals surface area contributed by atoms with E-state index < -0.39 is 36.3 Å². The summed E-state index contributed by atoms with van der Waals surface area (Å²) in [6.07, 6.45) is 3.09. The van der Waals surface area contributed by atoms with Crippen molar-refractivity contribution in [3.05, 3.63) is 54.0 Å². The van der Waals surface area contributed by atoms with Gasteiger partial charge in [0.15, 0.2) is 17.5 Å². The molecule has 32 heavy (non-hydrogen) atoms. The van der Waals surface area contributed by atoms with Gasteiger partial charge in [0.25, 0.3) is 0 Å². The topological polar surface area (TPSA) is 121 Å². The maximum atomic E-state index is 14.5. The lowest BCUT2D eigenvalue weighted by atomic mass is 10.1. The Morgan fingerprint density at radius 3 is 2.84 bits per heavy atom. The van der Waals surface area contributed by atoms with Gasteiger partial charge in [0.2, 0.25) is 5.91 Å². The highest BCUT2D eigenvalue weighted by Crippen LogP contribution is 2.26. The van der Waals surface area contributed by atoms with Crippen LogP contribution >= 0.6 is 0 Å². The van der Waals surface area contributed by atoms with E-state index in [1.54, 1.807) is 11.5 Å². The average Bonchev–Trinajstić information content (AvgIpc) is 3.21. The van der Waals surface area contributed by atoms with Crippen LogP contribution in [0.15, 0.2) is 53.1 Å². The minimum absolute atomic E-state index is 0.0345. The molecule has 1 atom stereocenters. The number of fused-ring (bicyclic) bond motifs is 1. The lowest BCUT2D eigenvalue weighted by molar-refractivity contribution is -0.138. The first-order valence-electron chi connectivity index (χ1n) is 8.96. The number of hydrogen-bond donors (Lipinski definition) is 3. The van der Waals surface area contributed by atoms with E-state index in [2.05, 4.69) is 46.7 Å². The number of hydrogen-bond acceptors (Lipinski definition) is 7. The zero-order valence-corrected chi connectivity index (χ0v) is 15.9. The van der Waals surface area contributed by atoms with Gasteiger partial charge in [-0.15, -0.1) is 0 Å². The molecule has 0 fully saturated rings. The van der Waals surface area contributed by atoms with Crippen molar-refractivity contribution in [1.82, 2.24) is 30.2 Å². The zero-order valence-electron chi connectivity index (χ0n) is 15.9. The van der Waals surface area contributed by atoms with Gasteiger partial charge in [0, 0.05) is 29.6 Å². The molecular formula is C19H12F4N8O. The normalized spacial score (nSPS) is 13.8. The monoisotopic (exact) mass is 444 g/mol. The van der Waals surface area contributed by atoms with Crippen LogP contribution in [0.25, 0.3) is 22.4 Å². The minimum Gasteiger partial charge on any atom is -0.352 e. The van der Waals surface area contributed by atoms with Crippen LogP contribution in [0.1, 0.15) is 0 Å². The van der Waals surface area contributed by atoms with Crippen LogP contribution in [0.2, 0.25) is 0 Å². The number of aromatic amines is 1. The largest absolute Gasteiger partial charge is 0.405 e. The van der Waals surface area contributed by atoms with Gasteiger partial charge >= 0.3 is 6.18 Å². The highest BCUT2D eigenvalue weighted by atomic mass is 19.4. The number of nitrogens with zero attached hydrogens (tertiary/aromatic N) is 5. The number of carbonyl (C=O) groups excluding carboxylic acids is 1. The van der Waals surface area contributed by atoms with E-state index in [-0.39, 0.29) is 11.4 Å². The van der Waals surface area contributed by atoms with Crippen LogP contribution in [0.5, 0.6) is 0 Å².